The highest BCUT2D eigenvalue weighted by Gasteiger charge is 2.32. The Kier molecular flexibility index (Phi) is 8.60. The van der Waals surface area contributed by atoms with Crippen molar-refractivity contribution in [2.24, 2.45) is 7.05 Å². The van der Waals surface area contributed by atoms with Gasteiger partial charge in [-0.15, -0.1) is 0 Å². The number of nitriles is 1. The Bertz CT molecular complexity index is 1540. The van der Waals surface area contributed by atoms with Gasteiger partial charge in [-0.1, -0.05) is 13.3 Å². The summed E-state index contributed by atoms with van der Waals surface area (Å²) in [5.41, 5.74) is 5.70. The van der Waals surface area contributed by atoms with E-state index in [2.05, 4.69) is 16.4 Å². The highest BCUT2D eigenvalue weighted by atomic mass is 19.4. The Morgan fingerprint density at radius 2 is 1.93 bits per heavy atom. The lowest BCUT2D eigenvalue weighted by Crippen LogP contribution is -2.50. The number of alkyl halides is 3. The van der Waals surface area contributed by atoms with Crippen LogP contribution in [0.1, 0.15) is 49.4 Å². The summed E-state index contributed by atoms with van der Waals surface area (Å²) in [6.07, 6.45) is -1.93. The number of pyridine rings is 2. The van der Waals surface area contributed by atoms with Gasteiger partial charge in [0, 0.05) is 50.5 Å². The number of carbonyl (C=O) groups excluding carboxylic acids is 1. The minimum Gasteiger partial charge on any atom is -0.449 e. The predicted molar refractivity (Wildman–Crippen MR) is 150 cm³/mol. The van der Waals surface area contributed by atoms with Crippen molar-refractivity contribution < 1.29 is 22.7 Å². The fraction of sp³-hybridized carbons (Fsp3) is 0.429. The molecule has 41 heavy (non-hydrogen) atoms. The zero-order valence-electron chi connectivity index (χ0n) is 23.1. The number of nitrogen functional groups attached to an aromatic ring is 1. The van der Waals surface area contributed by atoms with Crippen LogP contribution >= 0.6 is 0 Å². The smallest absolute Gasteiger partial charge is 0.416 e. The van der Waals surface area contributed by atoms with Gasteiger partial charge in [0.05, 0.1) is 29.3 Å². The van der Waals surface area contributed by atoms with E-state index in [1.165, 1.54) is 16.8 Å². The Balaban J connectivity index is 1.66. The average Bonchev–Trinajstić information content (AvgIpc) is 2.94. The van der Waals surface area contributed by atoms with E-state index in [1.54, 1.807) is 24.9 Å². The van der Waals surface area contributed by atoms with Crippen LogP contribution in [0.5, 0.6) is 0 Å². The van der Waals surface area contributed by atoms with Crippen molar-refractivity contribution in [3.8, 4) is 6.07 Å². The first kappa shape index (κ1) is 29.5. The van der Waals surface area contributed by atoms with E-state index < -0.39 is 17.8 Å². The van der Waals surface area contributed by atoms with Gasteiger partial charge in [0.1, 0.15) is 17.6 Å². The Labute approximate surface area is 235 Å². The number of unbranched alkanes of at least 4 members (excludes halogenated alkanes) is 1. The zero-order chi connectivity index (χ0) is 29.9. The van der Waals surface area contributed by atoms with E-state index in [0.717, 1.165) is 25.0 Å². The van der Waals surface area contributed by atoms with Crippen LogP contribution < -0.4 is 21.5 Å². The van der Waals surface area contributed by atoms with Crippen LogP contribution in [-0.2, 0) is 18.0 Å². The molecule has 13 heteroatoms. The van der Waals surface area contributed by atoms with Gasteiger partial charge in [0.15, 0.2) is 0 Å². The standard InChI is InChI=1S/C28H32F3N7O3/c1-4-5-10-41-27(40)38-8-6-37(7-9-38)23-14-22-24(36(3)26(23)39)19(15-32)16-34-25(22)35-17(2)18-11-20(28(29,30)31)13-21(33)12-18/h11-14,16-17H,4-10,33H2,1-3H3,(H,34,35)/t17-/m1/s1. The lowest BCUT2D eigenvalue weighted by molar-refractivity contribution is -0.137. The Hall–Kier alpha value is -4.47. The summed E-state index contributed by atoms with van der Waals surface area (Å²) in [5.74, 6) is 0.289. The summed E-state index contributed by atoms with van der Waals surface area (Å²) in [5, 5.41) is 13.3. The van der Waals surface area contributed by atoms with E-state index in [-0.39, 0.29) is 28.7 Å². The van der Waals surface area contributed by atoms with Gasteiger partial charge in [0.2, 0.25) is 0 Å². The molecule has 1 aliphatic rings. The van der Waals surface area contributed by atoms with Gasteiger partial charge in [-0.2, -0.15) is 18.4 Å². The Morgan fingerprint density at radius 3 is 2.56 bits per heavy atom. The molecule has 1 atom stereocenters. The van der Waals surface area contributed by atoms with Crippen LogP contribution in [0.25, 0.3) is 10.9 Å². The van der Waals surface area contributed by atoms with Crippen molar-refractivity contribution in [1.82, 2.24) is 14.5 Å². The van der Waals surface area contributed by atoms with Gasteiger partial charge >= 0.3 is 12.3 Å². The molecule has 0 aliphatic carbocycles. The molecule has 0 unspecified atom stereocenters. The Morgan fingerprint density at radius 1 is 1.22 bits per heavy atom. The van der Waals surface area contributed by atoms with Gasteiger partial charge in [-0.25, -0.2) is 9.78 Å². The minimum atomic E-state index is -4.56. The van der Waals surface area contributed by atoms with Gasteiger partial charge in [-0.3, -0.25) is 4.79 Å². The average molecular weight is 572 g/mol. The number of rotatable bonds is 7. The van der Waals surface area contributed by atoms with Crippen molar-refractivity contribution >= 4 is 34.2 Å². The van der Waals surface area contributed by atoms with E-state index in [9.17, 15) is 28.0 Å². The third-order valence-electron chi connectivity index (χ3n) is 7.11. The van der Waals surface area contributed by atoms with Gasteiger partial charge in [0.25, 0.3) is 5.56 Å². The number of halogens is 3. The summed E-state index contributed by atoms with van der Waals surface area (Å²) in [4.78, 5) is 33.6. The van der Waals surface area contributed by atoms with Crippen LogP contribution in [-0.4, -0.2) is 53.3 Å². The van der Waals surface area contributed by atoms with Crippen LogP contribution in [0.4, 0.5) is 35.2 Å². The van der Waals surface area contributed by atoms with Crippen molar-refractivity contribution in [1.29, 1.82) is 5.26 Å². The van der Waals surface area contributed by atoms with Crippen LogP contribution in [0.15, 0.2) is 35.3 Å². The molecule has 0 spiro atoms. The van der Waals surface area contributed by atoms with Crippen LogP contribution in [0.2, 0.25) is 0 Å². The second-order valence-electron chi connectivity index (χ2n) is 9.98. The van der Waals surface area contributed by atoms with E-state index in [1.807, 2.05) is 11.8 Å². The monoisotopic (exact) mass is 571 g/mol. The predicted octanol–water partition coefficient (Wildman–Crippen LogP) is 4.64. The number of hydrogen-bond acceptors (Lipinski definition) is 8. The molecular weight excluding hydrogens is 539 g/mol. The van der Waals surface area contributed by atoms with E-state index in [0.29, 0.717) is 54.9 Å². The molecular formula is C28H32F3N7O3. The quantitative estimate of drug-likeness (QED) is 0.310. The number of amides is 1. The molecule has 3 N–H and O–H groups in total. The highest BCUT2D eigenvalue weighted by molar-refractivity contribution is 5.95. The topological polar surface area (TPSA) is 130 Å². The number of benzene rings is 1. The molecule has 1 fully saturated rings. The molecule has 3 aromatic rings. The van der Waals surface area contributed by atoms with Crippen molar-refractivity contribution in [2.45, 2.75) is 38.9 Å². The summed E-state index contributed by atoms with van der Waals surface area (Å²) in [7, 11) is 1.55. The number of anilines is 3. The number of aryl methyl sites for hydroxylation is 1. The molecule has 3 heterocycles. The maximum absolute atomic E-state index is 13.4. The lowest BCUT2D eigenvalue weighted by Gasteiger charge is -2.35. The first-order chi connectivity index (χ1) is 19.4. The normalized spacial score (nSPS) is 14.6. The number of fused-ring (bicyclic) bond motifs is 1. The first-order valence-electron chi connectivity index (χ1n) is 13.3. The number of nitrogens with two attached hydrogens (primary N) is 1. The molecule has 1 aromatic carbocycles. The molecule has 2 aromatic heterocycles. The van der Waals surface area contributed by atoms with E-state index in [4.69, 9.17) is 10.5 Å². The number of nitrogens with zero attached hydrogens (tertiary/aromatic N) is 5. The third kappa shape index (κ3) is 6.32. The molecule has 0 saturated carbocycles. The van der Waals surface area contributed by atoms with Crippen molar-refractivity contribution in [3.63, 3.8) is 0 Å². The van der Waals surface area contributed by atoms with E-state index >= 15 is 0 Å². The summed E-state index contributed by atoms with van der Waals surface area (Å²) in [6.45, 7) is 5.53. The molecule has 0 bridgehead atoms. The number of piperazine rings is 1. The van der Waals surface area contributed by atoms with Crippen LogP contribution in [0, 0.1) is 11.3 Å². The summed E-state index contributed by atoms with van der Waals surface area (Å²) in [6, 6.07) is 6.39. The SMILES string of the molecule is CCCCOC(=O)N1CCN(c2cc3c(N[C@H](C)c4cc(N)cc(C(F)(F)F)c4)ncc(C#N)c3n(C)c2=O)CC1. The fourth-order valence-corrected chi connectivity index (χ4v) is 4.81. The van der Waals surface area contributed by atoms with Gasteiger partial charge < -0.3 is 30.2 Å². The maximum atomic E-state index is 13.4. The molecule has 218 valence electrons. The minimum absolute atomic E-state index is 0.0285. The number of nitrogens with one attached hydrogen (secondary N) is 1. The van der Waals surface area contributed by atoms with Gasteiger partial charge in [-0.05, 0) is 43.2 Å². The zero-order valence-corrected chi connectivity index (χ0v) is 23.1. The molecule has 1 aliphatic heterocycles. The fourth-order valence-electron chi connectivity index (χ4n) is 4.81. The highest BCUT2D eigenvalue weighted by Crippen LogP contribution is 2.34. The maximum Gasteiger partial charge on any atom is 0.416 e. The first-order valence-corrected chi connectivity index (χ1v) is 13.3. The third-order valence-corrected chi connectivity index (χ3v) is 7.11. The number of hydrogen-bond donors (Lipinski definition) is 2. The second-order valence-corrected chi connectivity index (χ2v) is 9.98. The molecule has 1 amide bonds. The molecule has 4 rings (SSSR count). The second kappa shape index (κ2) is 12.0. The lowest BCUT2D eigenvalue weighted by atomic mass is 10.0. The number of ether oxygens (including phenoxy) is 1. The molecule has 0 radical (unpaired) electrons. The summed E-state index contributed by atoms with van der Waals surface area (Å²) >= 11 is 0. The largest absolute Gasteiger partial charge is 0.449 e. The van der Waals surface area contributed by atoms with Crippen LogP contribution in [0.3, 0.4) is 0 Å². The molecule has 10 nitrogen and oxygen atoms in total. The molecule has 1 saturated heterocycles. The van der Waals surface area contributed by atoms with Crippen molar-refractivity contribution in [3.05, 3.63) is 57.5 Å². The summed E-state index contributed by atoms with van der Waals surface area (Å²) < 4.78 is 46.8. The van der Waals surface area contributed by atoms with Crippen molar-refractivity contribution in [2.75, 3.05) is 48.7 Å². The number of aromatic nitrogens is 2. The number of carbonyl (C=O) groups is 1.